The summed E-state index contributed by atoms with van der Waals surface area (Å²) in [7, 11) is 0. The van der Waals surface area contributed by atoms with E-state index in [2.05, 4.69) is 10.3 Å². The molecule has 0 fully saturated rings. The molecule has 0 bridgehead atoms. The van der Waals surface area contributed by atoms with Crippen LogP contribution in [0, 0.1) is 17.5 Å². The molecule has 1 aromatic carbocycles. The van der Waals surface area contributed by atoms with Crippen molar-refractivity contribution in [3.05, 3.63) is 50.8 Å². The highest BCUT2D eigenvalue weighted by Crippen LogP contribution is 2.31. The van der Waals surface area contributed by atoms with E-state index in [1.807, 2.05) is 0 Å². The summed E-state index contributed by atoms with van der Waals surface area (Å²) in [6.45, 7) is 0. The molecule has 0 aliphatic carbocycles. The van der Waals surface area contributed by atoms with Crippen LogP contribution < -0.4 is 5.32 Å². The summed E-state index contributed by atoms with van der Waals surface area (Å²) in [5, 5.41) is 2.52. The van der Waals surface area contributed by atoms with Crippen LogP contribution in [-0.4, -0.2) is 4.98 Å². The van der Waals surface area contributed by atoms with Crippen molar-refractivity contribution in [2.75, 3.05) is 5.32 Å². The first-order valence-corrected chi connectivity index (χ1v) is 5.95. The zero-order valence-electron chi connectivity index (χ0n) is 8.95. The van der Waals surface area contributed by atoms with E-state index in [9.17, 15) is 13.2 Å². The first kappa shape index (κ1) is 14.2. The van der Waals surface area contributed by atoms with Gasteiger partial charge >= 0.3 is 0 Å². The number of nitrogens with zero attached hydrogens (tertiary/aromatic N) is 1. The van der Waals surface area contributed by atoms with E-state index < -0.39 is 17.5 Å². The van der Waals surface area contributed by atoms with Gasteiger partial charge in [-0.05, 0) is 18.2 Å². The molecule has 2 rings (SSSR count). The van der Waals surface area contributed by atoms with Gasteiger partial charge in [-0.1, -0.05) is 34.8 Å². The summed E-state index contributed by atoms with van der Waals surface area (Å²) in [5.74, 6) is -4.30. The molecule has 2 aromatic rings. The number of nitrogens with one attached hydrogen (secondary N) is 1. The second-order valence-corrected chi connectivity index (χ2v) is 4.61. The van der Waals surface area contributed by atoms with Gasteiger partial charge in [0.1, 0.15) is 5.15 Å². The molecule has 8 heteroatoms. The van der Waals surface area contributed by atoms with Gasteiger partial charge in [-0.2, -0.15) is 0 Å². The molecule has 19 heavy (non-hydrogen) atoms. The van der Waals surface area contributed by atoms with Gasteiger partial charge in [-0.3, -0.25) is 0 Å². The Bertz CT molecular complexity index is 650. The Kier molecular flexibility index (Phi) is 4.08. The van der Waals surface area contributed by atoms with E-state index in [0.717, 1.165) is 12.1 Å². The number of benzene rings is 1. The first-order valence-electron chi connectivity index (χ1n) is 4.82. The summed E-state index contributed by atoms with van der Waals surface area (Å²) in [6, 6.07) is 3.07. The largest absolute Gasteiger partial charge is 0.336 e. The lowest BCUT2D eigenvalue weighted by Crippen LogP contribution is -2.01. The minimum absolute atomic E-state index is 0.0269. The minimum Gasteiger partial charge on any atom is -0.336 e. The van der Waals surface area contributed by atoms with E-state index >= 15 is 0 Å². The van der Waals surface area contributed by atoms with Gasteiger partial charge in [-0.25, -0.2) is 18.2 Å². The predicted octanol–water partition coefficient (Wildman–Crippen LogP) is 5.20. The van der Waals surface area contributed by atoms with Crippen LogP contribution in [0.25, 0.3) is 0 Å². The molecule has 0 radical (unpaired) electrons. The van der Waals surface area contributed by atoms with Crippen molar-refractivity contribution in [2.45, 2.75) is 0 Å². The van der Waals surface area contributed by atoms with E-state index in [4.69, 9.17) is 34.8 Å². The lowest BCUT2D eigenvalue weighted by molar-refractivity contribution is 0.449. The van der Waals surface area contributed by atoms with Crippen LogP contribution in [0.1, 0.15) is 0 Å². The fourth-order valence-electron chi connectivity index (χ4n) is 1.28. The van der Waals surface area contributed by atoms with Crippen LogP contribution in [0.4, 0.5) is 24.7 Å². The van der Waals surface area contributed by atoms with Gasteiger partial charge in [0, 0.05) is 0 Å². The molecule has 100 valence electrons. The lowest BCUT2D eigenvalue weighted by atomic mass is 10.2. The maximum absolute atomic E-state index is 13.5. The van der Waals surface area contributed by atoms with E-state index in [1.54, 1.807) is 0 Å². The molecule has 0 aliphatic heterocycles. The topological polar surface area (TPSA) is 24.9 Å². The molecule has 1 heterocycles. The van der Waals surface area contributed by atoms with Crippen LogP contribution in [0.3, 0.4) is 0 Å². The normalized spacial score (nSPS) is 10.6. The Hall–Kier alpha value is -1.17. The maximum Gasteiger partial charge on any atom is 0.196 e. The first-order chi connectivity index (χ1) is 8.90. The Morgan fingerprint density at radius 1 is 0.947 bits per heavy atom. The fraction of sp³-hybridized carbons (Fsp3) is 0. The highest BCUT2D eigenvalue weighted by Gasteiger charge is 2.15. The highest BCUT2D eigenvalue weighted by atomic mass is 35.5. The number of hydrogen-bond acceptors (Lipinski definition) is 2. The number of aromatic nitrogens is 1. The third-order valence-electron chi connectivity index (χ3n) is 2.17. The summed E-state index contributed by atoms with van der Waals surface area (Å²) in [6.07, 6.45) is 0. The second-order valence-electron chi connectivity index (χ2n) is 3.44. The van der Waals surface area contributed by atoms with Crippen LogP contribution in [0.2, 0.25) is 15.2 Å². The van der Waals surface area contributed by atoms with E-state index in [0.29, 0.717) is 0 Å². The number of rotatable bonds is 2. The van der Waals surface area contributed by atoms with Gasteiger partial charge in [0.2, 0.25) is 0 Å². The molecule has 1 N–H and O–H groups in total. The summed E-state index contributed by atoms with van der Waals surface area (Å²) in [4.78, 5) is 3.77. The number of halogens is 6. The predicted molar refractivity (Wildman–Crippen MR) is 68.9 cm³/mol. The Morgan fingerprint density at radius 3 is 2.32 bits per heavy atom. The molecule has 0 aliphatic rings. The smallest absolute Gasteiger partial charge is 0.196 e. The average Bonchev–Trinajstić information content (AvgIpc) is 2.36. The summed E-state index contributed by atoms with van der Waals surface area (Å²) < 4.78 is 39.3. The second kappa shape index (κ2) is 5.45. The average molecular weight is 328 g/mol. The molecule has 2 nitrogen and oxygen atoms in total. The maximum atomic E-state index is 13.5. The Balaban J connectivity index is 2.42. The number of pyridine rings is 1. The minimum atomic E-state index is -1.60. The van der Waals surface area contributed by atoms with Gasteiger partial charge in [-0.15, -0.1) is 0 Å². The summed E-state index contributed by atoms with van der Waals surface area (Å²) >= 11 is 17.2. The zero-order chi connectivity index (χ0) is 14.2. The third-order valence-corrected chi connectivity index (χ3v) is 3.14. The summed E-state index contributed by atoms with van der Waals surface area (Å²) in [5.41, 5.74) is -0.327. The highest BCUT2D eigenvalue weighted by molar-refractivity contribution is 6.43. The third kappa shape index (κ3) is 2.88. The molecule has 0 unspecified atom stereocenters. The van der Waals surface area contributed by atoms with Crippen molar-refractivity contribution < 1.29 is 13.2 Å². The van der Waals surface area contributed by atoms with E-state index in [1.165, 1.54) is 6.07 Å². The molecule has 1 aromatic heterocycles. The standard InChI is InChI=1S/C11H4Cl3F3N2/c12-4-3-5(13)11(19-10(4)14)18-7-2-1-6(15)8(16)9(7)17/h1-3H,(H,18,19). The Morgan fingerprint density at radius 2 is 1.63 bits per heavy atom. The SMILES string of the molecule is Fc1ccc(Nc2nc(Cl)c(Cl)cc2Cl)c(F)c1F. The van der Waals surface area contributed by atoms with Crippen molar-refractivity contribution in [1.82, 2.24) is 4.98 Å². The lowest BCUT2D eigenvalue weighted by Gasteiger charge is -2.10. The van der Waals surface area contributed by atoms with Crippen molar-refractivity contribution in [3.8, 4) is 0 Å². The van der Waals surface area contributed by atoms with E-state index in [-0.39, 0.29) is 26.7 Å². The van der Waals surface area contributed by atoms with Gasteiger partial charge in [0.05, 0.1) is 15.7 Å². The molecule has 0 saturated carbocycles. The molecule has 0 amide bonds. The number of anilines is 2. The molecule has 0 spiro atoms. The number of hydrogen-bond donors (Lipinski definition) is 1. The van der Waals surface area contributed by atoms with Crippen molar-refractivity contribution in [2.24, 2.45) is 0 Å². The van der Waals surface area contributed by atoms with Crippen molar-refractivity contribution in [1.29, 1.82) is 0 Å². The molecular formula is C11H4Cl3F3N2. The van der Waals surface area contributed by atoms with Gasteiger partial charge in [0.25, 0.3) is 0 Å². The monoisotopic (exact) mass is 326 g/mol. The quantitative estimate of drug-likeness (QED) is 0.605. The molecule has 0 saturated heterocycles. The van der Waals surface area contributed by atoms with Crippen molar-refractivity contribution in [3.63, 3.8) is 0 Å². The molecular weight excluding hydrogens is 323 g/mol. The van der Waals surface area contributed by atoms with Crippen molar-refractivity contribution >= 4 is 46.3 Å². The molecule has 0 atom stereocenters. The Labute approximate surface area is 121 Å². The van der Waals surface area contributed by atoms with Crippen LogP contribution in [0.5, 0.6) is 0 Å². The van der Waals surface area contributed by atoms with Crippen LogP contribution in [0.15, 0.2) is 18.2 Å². The van der Waals surface area contributed by atoms with Gasteiger partial charge in [0.15, 0.2) is 23.3 Å². The van der Waals surface area contributed by atoms with Gasteiger partial charge < -0.3 is 5.32 Å². The fourth-order valence-corrected chi connectivity index (χ4v) is 1.83. The van der Waals surface area contributed by atoms with Crippen LogP contribution >= 0.6 is 34.8 Å². The zero-order valence-corrected chi connectivity index (χ0v) is 11.2. The van der Waals surface area contributed by atoms with Crippen LogP contribution in [-0.2, 0) is 0 Å².